The van der Waals surface area contributed by atoms with Gasteiger partial charge in [-0.25, -0.2) is 9.59 Å². The van der Waals surface area contributed by atoms with E-state index in [1.165, 1.54) is 12.0 Å². The largest absolute Gasteiger partial charge is 0.467 e. The molecular formula is C15H26N2O5. The lowest BCUT2D eigenvalue weighted by Gasteiger charge is -2.29. The van der Waals surface area contributed by atoms with Crippen molar-refractivity contribution in [1.29, 1.82) is 0 Å². The molecule has 3 atom stereocenters. The maximum Gasteiger partial charge on any atom is 0.411 e. The summed E-state index contributed by atoms with van der Waals surface area (Å²) in [4.78, 5) is 26.0. The van der Waals surface area contributed by atoms with Gasteiger partial charge in [-0.3, -0.25) is 4.90 Å². The highest BCUT2D eigenvalue weighted by molar-refractivity contribution is 5.83. The van der Waals surface area contributed by atoms with Crippen molar-refractivity contribution in [2.45, 2.75) is 51.3 Å². The normalized spacial score (nSPS) is 30.0. The van der Waals surface area contributed by atoms with Gasteiger partial charge in [0.05, 0.1) is 20.3 Å². The highest BCUT2D eigenvalue weighted by Gasteiger charge is 2.68. The maximum atomic E-state index is 12.4. The van der Waals surface area contributed by atoms with Crippen LogP contribution in [0.4, 0.5) is 4.79 Å². The second-order valence-corrected chi connectivity index (χ2v) is 7.05. The molecule has 0 bridgehead atoms. The van der Waals surface area contributed by atoms with E-state index in [-0.39, 0.29) is 11.5 Å². The predicted octanol–water partition coefficient (Wildman–Crippen LogP) is 0.903. The van der Waals surface area contributed by atoms with Crippen LogP contribution in [0.25, 0.3) is 0 Å². The molecule has 0 spiro atoms. The van der Waals surface area contributed by atoms with E-state index in [0.717, 1.165) is 6.42 Å². The number of carbonyl (C=O) groups is 2. The number of amides is 1. The van der Waals surface area contributed by atoms with Crippen LogP contribution in [0.2, 0.25) is 0 Å². The van der Waals surface area contributed by atoms with E-state index < -0.39 is 23.7 Å². The van der Waals surface area contributed by atoms with Crippen LogP contribution in [0, 0.1) is 5.41 Å². The molecule has 2 aliphatic rings. The Morgan fingerprint density at radius 1 is 1.32 bits per heavy atom. The summed E-state index contributed by atoms with van der Waals surface area (Å²) >= 11 is 0. The Labute approximate surface area is 131 Å². The van der Waals surface area contributed by atoms with Crippen LogP contribution in [0.3, 0.4) is 0 Å². The molecule has 2 rings (SSSR count). The summed E-state index contributed by atoms with van der Waals surface area (Å²) in [5.41, 5.74) is 4.66. The molecule has 0 aromatic rings. The summed E-state index contributed by atoms with van der Waals surface area (Å²) in [7, 11) is 1.33. The number of ether oxygens (including phenoxy) is 3. The van der Waals surface area contributed by atoms with Crippen molar-refractivity contribution in [1.82, 2.24) is 4.90 Å². The van der Waals surface area contributed by atoms with Crippen molar-refractivity contribution in [3.63, 3.8) is 0 Å². The third-order valence-corrected chi connectivity index (χ3v) is 4.15. The number of esters is 1. The average molecular weight is 314 g/mol. The fourth-order valence-electron chi connectivity index (χ4n) is 3.11. The highest BCUT2D eigenvalue weighted by atomic mass is 16.6. The molecule has 1 aliphatic carbocycles. The molecular weight excluding hydrogens is 288 g/mol. The second-order valence-electron chi connectivity index (χ2n) is 7.05. The molecule has 2 N–H and O–H groups in total. The minimum absolute atomic E-state index is 0.0239. The van der Waals surface area contributed by atoms with Gasteiger partial charge in [-0.2, -0.15) is 0 Å². The van der Waals surface area contributed by atoms with Crippen LogP contribution in [-0.4, -0.2) is 61.5 Å². The summed E-state index contributed by atoms with van der Waals surface area (Å²) < 4.78 is 15.8. The molecule has 126 valence electrons. The van der Waals surface area contributed by atoms with Gasteiger partial charge in [0.1, 0.15) is 11.6 Å². The van der Waals surface area contributed by atoms with Crippen molar-refractivity contribution < 1.29 is 23.8 Å². The van der Waals surface area contributed by atoms with Crippen LogP contribution in [0.1, 0.15) is 33.6 Å². The van der Waals surface area contributed by atoms with Gasteiger partial charge >= 0.3 is 12.1 Å². The monoisotopic (exact) mass is 314 g/mol. The zero-order chi connectivity index (χ0) is 16.5. The first-order valence-corrected chi connectivity index (χ1v) is 7.61. The van der Waals surface area contributed by atoms with Crippen LogP contribution in [0.15, 0.2) is 0 Å². The highest BCUT2D eigenvalue weighted by Crippen LogP contribution is 2.60. The van der Waals surface area contributed by atoms with E-state index in [9.17, 15) is 9.59 Å². The number of nitrogens with two attached hydrogens (primary N) is 1. The number of nitrogens with zero attached hydrogens (tertiary/aromatic N) is 1. The topological polar surface area (TPSA) is 91.1 Å². The lowest BCUT2D eigenvalue weighted by molar-refractivity contribution is -0.146. The van der Waals surface area contributed by atoms with E-state index in [0.29, 0.717) is 26.2 Å². The molecule has 0 aromatic heterocycles. The zero-order valence-electron chi connectivity index (χ0n) is 13.8. The molecule has 1 saturated heterocycles. The van der Waals surface area contributed by atoms with Crippen LogP contribution in [-0.2, 0) is 19.0 Å². The van der Waals surface area contributed by atoms with Gasteiger partial charge in [-0.15, -0.1) is 0 Å². The number of rotatable bonds is 5. The van der Waals surface area contributed by atoms with Crippen molar-refractivity contribution in [3.05, 3.63) is 0 Å². The minimum atomic E-state index is -0.603. The lowest BCUT2D eigenvalue weighted by atomic mass is 10.0. The first kappa shape index (κ1) is 17.0. The summed E-state index contributed by atoms with van der Waals surface area (Å²) in [6.45, 7) is 6.85. The smallest absolute Gasteiger partial charge is 0.411 e. The van der Waals surface area contributed by atoms with Crippen molar-refractivity contribution in [2.24, 2.45) is 11.1 Å². The fraction of sp³-hybridized carbons (Fsp3) is 0.867. The van der Waals surface area contributed by atoms with Crippen molar-refractivity contribution in [3.8, 4) is 0 Å². The number of hydrogen-bond donors (Lipinski definition) is 1. The van der Waals surface area contributed by atoms with E-state index in [4.69, 9.17) is 19.9 Å². The predicted molar refractivity (Wildman–Crippen MR) is 79.2 cm³/mol. The Balaban J connectivity index is 2.09. The summed E-state index contributed by atoms with van der Waals surface area (Å²) in [5.74, 6) is -0.406. The Kier molecular flexibility index (Phi) is 4.67. The number of fused-ring (bicyclic) bond motifs is 1. The Morgan fingerprint density at radius 3 is 2.55 bits per heavy atom. The van der Waals surface area contributed by atoms with Crippen LogP contribution < -0.4 is 5.73 Å². The summed E-state index contributed by atoms with van der Waals surface area (Å²) in [6, 6.07) is -0.621. The second kappa shape index (κ2) is 6.04. The van der Waals surface area contributed by atoms with Crippen molar-refractivity contribution in [2.75, 3.05) is 26.9 Å². The van der Waals surface area contributed by atoms with Gasteiger partial charge in [-0.1, -0.05) is 0 Å². The standard InChI is InChI=1S/C15H26N2O5/c1-14(2,3)22-13(19)17-10(12(18)20-4)7-15(8-11(15)17)9-21-6-5-16/h10-11H,5-9,16H2,1-4H3/t10-,11-,15+/m0/s1. The Bertz CT molecular complexity index is 448. The number of carbonyl (C=O) groups excluding carboxylic acids is 2. The van der Waals surface area contributed by atoms with Gasteiger partial charge in [0.2, 0.25) is 0 Å². The van der Waals surface area contributed by atoms with Gasteiger partial charge < -0.3 is 19.9 Å². The van der Waals surface area contributed by atoms with Gasteiger partial charge in [-0.05, 0) is 33.6 Å². The Hall–Kier alpha value is -1.34. The van der Waals surface area contributed by atoms with E-state index in [1.54, 1.807) is 20.8 Å². The van der Waals surface area contributed by atoms with Gasteiger partial charge in [0.15, 0.2) is 0 Å². The minimum Gasteiger partial charge on any atom is -0.467 e. The lowest BCUT2D eigenvalue weighted by Crippen LogP contribution is -2.46. The first-order chi connectivity index (χ1) is 10.2. The fourth-order valence-corrected chi connectivity index (χ4v) is 3.11. The molecule has 22 heavy (non-hydrogen) atoms. The number of piperidine rings is 1. The molecule has 7 nitrogen and oxygen atoms in total. The van der Waals surface area contributed by atoms with Gasteiger partial charge in [0.25, 0.3) is 0 Å². The zero-order valence-corrected chi connectivity index (χ0v) is 13.8. The molecule has 0 radical (unpaired) electrons. The van der Waals surface area contributed by atoms with Crippen molar-refractivity contribution >= 4 is 12.1 Å². The van der Waals surface area contributed by atoms with Gasteiger partial charge in [0, 0.05) is 18.0 Å². The first-order valence-electron chi connectivity index (χ1n) is 7.61. The quantitative estimate of drug-likeness (QED) is 0.599. The Morgan fingerprint density at radius 2 is 2.00 bits per heavy atom. The molecule has 1 saturated carbocycles. The molecule has 0 unspecified atom stereocenters. The van der Waals surface area contributed by atoms with E-state index >= 15 is 0 Å². The number of methoxy groups -OCH3 is 1. The molecule has 0 aromatic carbocycles. The average Bonchev–Trinajstić information content (AvgIpc) is 3.01. The molecule has 1 heterocycles. The number of hydrogen-bond acceptors (Lipinski definition) is 6. The number of likely N-dealkylation sites (tertiary alicyclic amines) is 1. The maximum absolute atomic E-state index is 12.4. The van der Waals surface area contributed by atoms with E-state index in [2.05, 4.69) is 0 Å². The third kappa shape index (κ3) is 3.35. The summed E-state index contributed by atoms with van der Waals surface area (Å²) in [5, 5.41) is 0. The van der Waals surface area contributed by atoms with Crippen LogP contribution in [0.5, 0.6) is 0 Å². The molecule has 7 heteroatoms. The van der Waals surface area contributed by atoms with Crippen LogP contribution >= 0.6 is 0 Å². The molecule has 1 aliphatic heterocycles. The SMILES string of the molecule is COC(=O)[C@@H]1C[C@]2(COCCN)C[C@@H]2N1C(=O)OC(C)(C)C. The molecule has 1 amide bonds. The summed E-state index contributed by atoms with van der Waals surface area (Å²) in [6.07, 6.45) is 0.907. The molecule has 2 fully saturated rings. The van der Waals surface area contributed by atoms with E-state index in [1.807, 2.05) is 0 Å². The third-order valence-electron chi connectivity index (χ3n) is 4.15.